The first kappa shape index (κ1) is 18.2. The summed E-state index contributed by atoms with van der Waals surface area (Å²) in [6.07, 6.45) is 0. The quantitative estimate of drug-likeness (QED) is 0.627. The van der Waals surface area contributed by atoms with Gasteiger partial charge in [-0.15, -0.1) is 5.11 Å². The highest BCUT2D eigenvalue weighted by Crippen LogP contribution is 2.30. The van der Waals surface area contributed by atoms with Crippen LogP contribution in [-0.4, -0.2) is 25.9 Å². The predicted molar refractivity (Wildman–Crippen MR) is 86.2 cm³/mol. The largest absolute Gasteiger partial charge is 0.296 e. The SMILES string of the molecule is Cc1ccc(C)c(N=Nc2cc(S(=O)(=O)O)ccc2S(=O)(=O)O)c1. The molecule has 10 heteroatoms. The van der Waals surface area contributed by atoms with Gasteiger partial charge in [-0.25, -0.2) is 0 Å². The van der Waals surface area contributed by atoms with Gasteiger partial charge in [0, 0.05) is 0 Å². The number of nitrogens with zero attached hydrogens (tertiary/aromatic N) is 2. The van der Waals surface area contributed by atoms with Crippen LogP contribution in [-0.2, 0) is 20.2 Å². The highest BCUT2D eigenvalue weighted by atomic mass is 32.2. The highest BCUT2D eigenvalue weighted by Gasteiger charge is 2.19. The Labute approximate surface area is 139 Å². The van der Waals surface area contributed by atoms with Gasteiger partial charge in [-0.1, -0.05) is 12.1 Å². The topological polar surface area (TPSA) is 133 Å². The molecule has 24 heavy (non-hydrogen) atoms. The fourth-order valence-electron chi connectivity index (χ4n) is 1.89. The van der Waals surface area contributed by atoms with E-state index in [0.717, 1.165) is 29.3 Å². The average molecular weight is 370 g/mol. The van der Waals surface area contributed by atoms with Crippen molar-refractivity contribution in [3.63, 3.8) is 0 Å². The molecule has 0 saturated heterocycles. The van der Waals surface area contributed by atoms with Gasteiger partial charge >= 0.3 is 0 Å². The van der Waals surface area contributed by atoms with Gasteiger partial charge in [0.05, 0.1) is 10.6 Å². The summed E-state index contributed by atoms with van der Waals surface area (Å²) >= 11 is 0. The second-order valence-corrected chi connectivity index (χ2v) is 7.88. The van der Waals surface area contributed by atoms with Gasteiger partial charge in [0.1, 0.15) is 10.6 Å². The number of hydrogen-bond donors (Lipinski definition) is 2. The van der Waals surface area contributed by atoms with Crippen LogP contribution in [0, 0.1) is 13.8 Å². The first-order valence-corrected chi connectivity index (χ1v) is 9.44. The zero-order chi connectivity index (χ0) is 18.1. The van der Waals surface area contributed by atoms with E-state index in [1.807, 2.05) is 13.0 Å². The molecule has 0 aliphatic carbocycles. The van der Waals surface area contributed by atoms with E-state index < -0.39 is 35.7 Å². The van der Waals surface area contributed by atoms with Crippen LogP contribution >= 0.6 is 0 Å². The van der Waals surface area contributed by atoms with Crippen molar-refractivity contribution < 1.29 is 25.9 Å². The fourth-order valence-corrected chi connectivity index (χ4v) is 2.99. The Kier molecular flexibility index (Phi) is 4.85. The molecule has 0 aliphatic rings. The third kappa shape index (κ3) is 4.23. The molecular formula is C14H14N2O6S2. The third-order valence-electron chi connectivity index (χ3n) is 3.14. The van der Waals surface area contributed by atoms with Gasteiger partial charge in [-0.05, 0) is 49.2 Å². The predicted octanol–water partition coefficient (Wildman–Crippen LogP) is 3.21. The van der Waals surface area contributed by atoms with E-state index in [1.165, 1.54) is 0 Å². The lowest BCUT2D eigenvalue weighted by Gasteiger charge is -2.05. The molecule has 0 unspecified atom stereocenters. The maximum Gasteiger partial charge on any atom is 0.296 e. The minimum absolute atomic E-state index is 0.409. The monoisotopic (exact) mass is 370 g/mol. The Bertz CT molecular complexity index is 1030. The number of azo groups is 1. The molecule has 2 aromatic carbocycles. The molecule has 0 atom stereocenters. The van der Waals surface area contributed by atoms with Gasteiger partial charge in [0.2, 0.25) is 0 Å². The fraction of sp³-hybridized carbons (Fsp3) is 0.143. The van der Waals surface area contributed by atoms with Crippen LogP contribution < -0.4 is 0 Å². The second kappa shape index (κ2) is 6.40. The molecule has 0 spiro atoms. The van der Waals surface area contributed by atoms with Crippen LogP contribution in [0.4, 0.5) is 11.4 Å². The summed E-state index contributed by atoms with van der Waals surface area (Å²) in [6.45, 7) is 3.60. The molecule has 0 fully saturated rings. The van der Waals surface area contributed by atoms with Crippen LogP contribution in [0.3, 0.4) is 0 Å². The minimum atomic E-state index is -4.65. The normalized spacial score (nSPS) is 12.7. The van der Waals surface area contributed by atoms with Crippen molar-refractivity contribution in [3.05, 3.63) is 47.5 Å². The summed E-state index contributed by atoms with van der Waals surface area (Å²) in [7, 11) is -9.21. The molecule has 2 N–H and O–H groups in total. The third-order valence-corrected chi connectivity index (χ3v) is 4.89. The highest BCUT2D eigenvalue weighted by molar-refractivity contribution is 7.86. The Morgan fingerprint density at radius 1 is 0.792 bits per heavy atom. The van der Waals surface area contributed by atoms with Crippen LogP contribution in [0.5, 0.6) is 0 Å². The summed E-state index contributed by atoms with van der Waals surface area (Å²) in [5.74, 6) is 0. The van der Waals surface area contributed by atoms with E-state index in [2.05, 4.69) is 10.2 Å². The first-order valence-electron chi connectivity index (χ1n) is 6.56. The lowest BCUT2D eigenvalue weighted by molar-refractivity contribution is 0.478. The summed E-state index contributed by atoms with van der Waals surface area (Å²) in [4.78, 5) is -1.19. The maximum atomic E-state index is 11.4. The molecule has 0 amide bonds. The van der Waals surface area contributed by atoms with Crippen LogP contribution in [0.2, 0.25) is 0 Å². The first-order chi connectivity index (χ1) is 11.0. The summed E-state index contributed by atoms with van der Waals surface area (Å²) in [6, 6.07) is 7.84. The van der Waals surface area contributed by atoms with Gasteiger partial charge in [0.25, 0.3) is 20.2 Å². The van der Waals surface area contributed by atoms with E-state index in [1.54, 1.807) is 19.1 Å². The molecule has 0 bridgehead atoms. The Balaban J connectivity index is 2.62. The van der Waals surface area contributed by atoms with E-state index in [0.29, 0.717) is 5.69 Å². The smallest absolute Gasteiger partial charge is 0.282 e. The van der Waals surface area contributed by atoms with Crippen molar-refractivity contribution in [1.29, 1.82) is 0 Å². The molecular weight excluding hydrogens is 356 g/mol. The lowest BCUT2D eigenvalue weighted by Crippen LogP contribution is -2.02. The van der Waals surface area contributed by atoms with Crippen molar-refractivity contribution in [2.45, 2.75) is 23.6 Å². The summed E-state index contributed by atoms with van der Waals surface area (Å²) in [5.41, 5.74) is 1.71. The molecule has 2 aromatic rings. The van der Waals surface area contributed by atoms with Crippen LogP contribution in [0.25, 0.3) is 0 Å². The van der Waals surface area contributed by atoms with Gasteiger partial charge in [0.15, 0.2) is 0 Å². The zero-order valence-corrected chi connectivity index (χ0v) is 14.3. The number of benzene rings is 2. The van der Waals surface area contributed by atoms with Gasteiger partial charge in [-0.2, -0.15) is 21.9 Å². The van der Waals surface area contributed by atoms with Crippen molar-refractivity contribution in [2.75, 3.05) is 0 Å². The Morgan fingerprint density at radius 3 is 2.00 bits per heavy atom. The molecule has 0 heterocycles. The minimum Gasteiger partial charge on any atom is -0.282 e. The standard InChI is InChI=1S/C14H14N2O6S2/c1-9-3-4-10(2)12(7-9)15-16-13-8-11(23(17,18)19)5-6-14(13)24(20,21)22/h3-8H,1-2H3,(H,17,18,19)(H,20,21,22). The van der Waals surface area contributed by atoms with Gasteiger partial charge in [-0.3, -0.25) is 9.11 Å². The molecule has 0 radical (unpaired) electrons. The molecule has 0 aliphatic heterocycles. The van der Waals surface area contributed by atoms with E-state index in [-0.39, 0.29) is 0 Å². The summed E-state index contributed by atoms with van der Waals surface area (Å²) in [5, 5.41) is 7.64. The maximum absolute atomic E-state index is 11.4. The van der Waals surface area contributed by atoms with Crippen LogP contribution in [0.15, 0.2) is 56.4 Å². The van der Waals surface area contributed by atoms with Crippen molar-refractivity contribution in [3.8, 4) is 0 Å². The van der Waals surface area contributed by atoms with Crippen molar-refractivity contribution in [2.24, 2.45) is 10.2 Å². The summed E-state index contributed by atoms with van der Waals surface area (Å²) < 4.78 is 63.4. The number of rotatable bonds is 4. The Morgan fingerprint density at radius 2 is 1.42 bits per heavy atom. The number of hydrogen-bond acceptors (Lipinski definition) is 6. The van der Waals surface area contributed by atoms with Crippen molar-refractivity contribution in [1.82, 2.24) is 0 Å². The van der Waals surface area contributed by atoms with E-state index in [4.69, 9.17) is 4.55 Å². The average Bonchev–Trinajstić information content (AvgIpc) is 2.46. The van der Waals surface area contributed by atoms with E-state index in [9.17, 15) is 21.4 Å². The molecule has 128 valence electrons. The molecule has 8 nitrogen and oxygen atoms in total. The molecule has 0 aromatic heterocycles. The number of aryl methyl sites for hydroxylation is 2. The van der Waals surface area contributed by atoms with Gasteiger partial charge < -0.3 is 0 Å². The molecule has 0 saturated carbocycles. The Hall–Kier alpha value is -2.14. The molecule has 2 rings (SSSR count). The second-order valence-electron chi connectivity index (χ2n) is 5.07. The zero-order valence-electron chi connectivity index (χ0n) is 12.7. The van der Waals surface area contributed by atoms with E-state index >= 15 is 0 Å². The van der Waals surface area contributed by atoms with Crippen molar-refractivity contribution >= 4 is 31.6 Å². The lowest BCUT2D eigenvalue weighted by atomic mass is 10.1. The van der Waals surface area contributed by atoms with Crippen LogP contribution in [0.1, 0.15) is 11.1 Å².